The lowest BCUT2D eigenvalue weighted by Gasteiger charge is -2.31. The van der Waals surface area contributed by atoms with Gasteiger partial charge in [-0.15, -0.1) is 6.58 Å². The Morgan fingerprint density at radius 3 is 2.05 bits per heavy atom. The van der Waals surface area contributed by atoms with Gasteiger partial charge in [-0.1, -0.05) is 31.6 Å². The lowest BCUT2D eigenvalue weighted by molar-refractivity contribution is 0.0230. The summed E-state index contributed by atoms with van der Waals surface area (Å²) in [7, 11) is 0. The Balaban J connectivity index is 1.25. The highest BCUT2D eigenvalue weighted by Gasteiger charge is 2.30. The van der Waals surface area contributed by atoms with Crippen molar-refractivity contribution < 1.29 is 27.4 Å². The van der Waals surface area contributed by atoms with Crippen molar-refractivity contribution in [3.8, 4) is 11.5 Å². The van der Waals surface area contributed by atoms with Crippen molar-refractivity contribution in [2.45, 2.75) is 95.5 Å². The molecule has 2 saturated carbocycles. The molecule has 2 aliphatic rings. The Labute approximate surface area is 231 Å². The number of ether oxygens (including phenoxy) is 3. The van der Waals surface area contributed by atoms with E-state index in [1.54, 1.807) is 18.2 Å². The quantitative estimate of drug-likeness (QED) is 0.186. The first-order valence-electron chi connectivity index (χ1n) is 14.8. The smallest absolute Gasteiger partial charge is 0.168 e. The number of hydrogen-bond donors (Lipinski definition) is 0. The normalized spacial score (nSPS) is 23.4. The van der Waals surface area contributed by atoms with E-state index in [2.05, 4.69) is 13.5 Å². The summed E-state index contributed by atoms with van der Waals surface area (Å²) in [5.41, 5.74) is 1.02. The topological polar surface area (TPSA) is 27.7 Å². The van der Waals surface area contributed by atoms with E-state index in [0.717, 1.165) is 70.8 Å². The lowest BCUT2D eigenvalue weighted by atomic mass is 9.77. The van der Waals surface area contributed by atoms with Crippen LogP contribution in [0.2, 0.25) is 0 Å². The lowest BCUT2D eigenvalue weighted by Crippen LogP contribution is -2.22. The molecule has 0 N–H and O–H groups in total. The highest BCUT2D eigenvalue weighted by atomic mass is 19.2. The second-order valence-electron chi connectivity index (χ2n) is 11.1. The van der Waals surface area contributed by atoms with Crippen LogP contribution in [0.25, 0.3) is 0 Å². The fourth-order valence-corrected chi connectivity index (χ4v) is 5.94. The Kier molecular flexibility index (Phi) is 11.2. The molecule has 0 amide bonds. The molecule has 0 unspecified atom stereocenters. The third kappa shape index (κ3) is 8.03. The van der Waals surface area contributed by atoms with Crippen LogP contribution < -0.4 is 9.47 Å². The number of unbranched alkanes of at least 4 members (excludes halogenated alkanes) is 1. The number of benzene rings is 2. The SMILES string of the molecule is C=CCCOc1ccc(OCC2CCC(c3ccc(C4CCC(OCCCC)CC4)c(F)c3F)CC2)cc1F. The minimum Gasteiger partial charge on any atom is -0.493 e. The Bertz CT molecular complexity index is 1060. The summed E-state index contributed by atoms with van der Waals surface area (Å²) in [5, 5.41) is 0. The highest BCUT2D eigenvalue weighted by Crippen LogP contribution is 2.41. The van der Waals surface area contributed by atoms with Crippen LogP contribution in [0, 0.1) is 23.4 Å². The van der Waals surface area contributed by atoms with Gasteiger partial charge in [0.25, 0.3) is 0 Å². The zero-order valence-corrected chi connectivity index (χ0v) is 23.2. The van der Waals surface area contributed by atoms with Crippen molar-refractivity contribution >= 4 is 0 Å². The molecule has 0 aliphatic heterocycles. The Morgan fingerprint density at radius 2 is 1.46 bits per heavy atom. The molecule has 0 heterocycles. The summed E-state index contributed by atoms with van der Waals surface area (Å²) in [5.74, 6) is -0.733. The maximum Gasteiger partial charge on any atom is 0.168 e. The van der Waals surface area contributed by atoms with Gasteiger partial charge < -0.3 is 14.2 Å². The molecule has 2 fully saturated rings. The third-order valence-corrected chi connectivity index (χ3v) is 8.36. The first kappa shape index (κ1) is 29.5. The summed E-state index contributed by atoms with van der Waals surface area (Å²) in [4.78, 5) is 0. The van der Waals surface area contributed by atoms with Gasteiger partial charge in [0.2, 0.25) is 0 Å². The van der Waals surface area contributed by atoms with Crippen molar-refractivity contribution in [1.82, 2.24) is 0 Å². The maximum atomic E-state index is 15.2. The minimum atomic E-state index is -0.667. The van der Waals surface area contributed by atoms with Crippen LogP contribution in [-0.4, -0.2) is 25.9 Å². The van der Waals surface area contributed by atoms with E-state index in [1.165, 1.54) is 6.07 Å². The summed E-state index contributed by atoms with van der Waals surface area (Å²) >= 11 is 0. The van der Waals surface area contributed by atoms with Crippen molar-refractivity contribution in [2.75, 3.05) is 19.8 Å². The van der Waals surface area contributed by atoms with Gasteiger partial charge in [0.05, 0.1) is 19.3 Å². The number of hydrogen-bond acceptors (Lipinski definition) is 3. The van der Waals surface area contributed by atoms with Crippen LogP contribution in [0.3, 0.4) is 0 Å². The number of rotatable bonds is 13. The average Bonchev–Trinajstić information content (AvgIpc) is 2.95. The molecule has 4 rings (SSSR count). The molecule has 0 bridgehead atoms. The van der Waals surface area contributed by atoms with Crippen molar-refractivity contribution in [3.63, 3.8) is 0 Å². The standard InChI is InChI=1S/C33H43F3O3/c1-3-5-19-37-26-13-11-25(12-14-26)29-17-16-28(32(35)33(29)36)24-9-7-23(8-10-24)22-39-27-15-18-31(30(34)21-27)38-20-6-4-2/h4,15-18,21,23-26H,2-3,5-14,19-20,22H2,1H3. The maximum absolute atomic E-state index is 15.2. The predicted molar refractivity (Wildman–Crippen MR) is 149 cm³/mol. The first-order chi connectivity index (χ1) is 19.0. The summed E-state index contributed by atoms with van der Waals surface area (Å²) in [6.45, 7) is 7.42. The molecule has 0 atom stereocenters. The van der Waals surface area contributed by atoms with Gasteiger partial charge in [-0.3, -0.25) is 0 Å². The fourth-order valence-electron chi connectivity index (χ4n) is 5.94. The van der Waals surface area contributed by atoms with E-state index in [0.29, 0.717) is 42.4 Å². The molecule has 2 aromatic carbocycles. The fraction of sp³-hybridized carbons (Fsp3) is 0.576. The van der Waals surface area contributed by atoms with Gasteiger partial charge in [-0.25, -0.2) is 13.2 Å². The Morgan fingerprint density at radius 1 is 0.821 bits per heavy atom. The van der Waals surface area contributed by atoms with Crippen molar-refractivity contribution in [1.29, 1.82) is 0 Å². The van der Waals surface area contributed by atoms with Crippen LogP contribution in [0.15, 0.2) is 43.0 Å². The first-order valence-corrected chi connectivity index (χ1v) is 14.8. The second-order valence-corrected chi connectivity index (χ2v) is 11.1. The van der Waals surface area contributed by atoms with Crippen LogP contribution >= 0.6 is 0 Å². The monoisotopic (exact) mass is 544 g/mol. The van der Waals surface area contributed by atoms with E-state index in [9.17, 15) is 4.39 Å². The summed E-state index contributed by atoms with van der Waals surface area (Å²) in [6.07, 6.45) is 11.6. The van der Waals surface area contributed by atoms with E-state index in [4.69, 9.17) is 14.2 Å². The molecule has 2 aromatic rings. The van der Waals surface area contributed by atoms with Crippen LogP contribution in [0.4, 0.5) is 13.2 Å². The molecule has 0 spiro atoms. The van der Waals surface area contributed by atoms with Crippen molar-refractivity contribution in [2.24, 2.45) is 5.92 Å². The van der Waals surface area contributed by atoms with Crippen molar-refractivity contribution in [3.05, 3.63) is 71.6 Å². The van der Waals surface area contributed by atoms with Crippen LogP contribution in [0.5, 0.6) is 11.5 Å². The van der Waals surface area contributed by atoms with E-state index in [1.807, 2.05) is 12.1 Å². The largest absolute Gasteiger partial charge is 0.493 e. The molecule has 0 radical (unpaired) electrons. The average molecular weight is 545 g/mol. The predicted octanol–water partition coefficient (Wildman–Crippen LogP) is 9.25. The highest BCUT2D eigenvalue weighted by molar-refractivity contribution is 5.33. The van der Waals surface area contributed by atoms with E-state index >= 15 is 8.78 Å². The minimum absolute atomic E-state index is 0.0111. The van der Waals surface area contributed by atoms with Gasteiger partial charge in [-0.2, -0.15) is 0 Å². The van der Waals surface area contributed by atoms with E-state index in [-0.39, 0.29) is 23.7 Å². The molecule has 0 aromatic heterocycles. The third-order valence-electron chi connectivity index (χ3n) is 8.36. The number of halogens is 3. The van der Waals surface area contributed by atoms with Gasteiger partial charge in [0.1, 0.15) is 5.75 Å². The summed E-state index contributed by atoms with van der Waals surface area (Å²) in [6, 6.07) is 8.29. The molecular weight excluding hydrogens is 501 g/mol. The zero-order valence-electron chi connectivity index (χ0n) is 23.2. The molecule has 214 valence electrons. The Hall–Kier alpha value is -2.47. The van der Waals surface area contributed by atoms with E-state index < -0.39 is 17.5 Å². The van der Waals surface area contributed by atoms with Gasteiger partial charge in [0.15, 0.2) is 23.2 Å². The van der Waals surface area contributed by atoms with Crippen LogP contribution in [0.1, 0.15) is 101 Å². The molecule has 0 saturated heterocycles. The van der Waals surface area contributed by atoms with Gasteiger partial charge in [0, 0.05) is 12.7 Å². The van der Waals surface area contributed by atoms with Gasteiger partial charge >= 0.3 is 0 Å². The molecule has 3 nitrogen and oxygen atoms in total. The molecule has 6 heteroatoms. The summed E-state index contributed by atoms with van der Waals surface area (Å²) < 4.78 is 61.9. The van der Waals surface area contributed by atoms with Crippen LogP contribution in [-0.2, 0) is 4.74 Å². The molecular formula is C33H43F3O3. The molecule has 39 heavy (non-hydrogen) atoms. The molecule has 2 aliphatic carbocycles. The second kappa shape index (κ2) is 14.8. The van der Waals surface area contributed by atoms with Gasteiger partial charge in [-0.05, 0) is 105 Å². The zero-order chi connectivity index (χ0) is 27.6.